The molecule has 226 valence electrons. The summed E-state index contributed by atoms with van der Waals surface area (Å²) in [4.78, 5) is 44.1. The maximum Gasteiger partial charge on any atom is 0.315 e. The van der Waals surface area contributed by atoms with E-state index in [0.717, 1.165) is 67.1 Å². The molecule has 4 amide bonds. The van der Waals surface area contributed by atoms with E-state index in [2.05, 4.69) is 58.4 Å². The maximum absolute atomic E-state index is 14.2. The van der Waals surface area contributed by atoms with Gasteiger partial charge in [-0.25, -0.2) is 4.79 Å². The zero-order chi connectivity index (χ0) is 30.0. The summed E-state index contributed by atoms with van der Waals surface area (Å²) in [6, 6.07) is 21.7. The third-order valence-electron chi connectivity index (χ3n) is 9.81. The molecule has 3 aromatic rings. The van der Waals surface area contributed by atoms with Crippen molar-refractivity contribution in [3.63, 3.8) is 0 Å². The number of carbonyl (C=O) groups excluding carboxylic acids is 3. The summed E-state index contributed by atoms with van der Waals surface area (Å²) < 4.78 is 0. The third-order valence-corrected chi connectivity index (χ3v) is 9.81. The largest absolute Gasteiger partial charge is 0.348 e. The lowest BCUT2D eigenvalue weighted by molar-refractivity contribution is -0.135. The highest BCUT2D eigenvalue weighted by Gasteiger charge is 2.48. The number of nitrogens with one attached hydrogen (secondary N) is 3. The fourth-order valence-electron chi connectivity index (χ4n) is 7.53. The first-order chi connectivity index (χ1) is 20.8. The van der Waals surface area contributed by atoms with Crippen LogP contribution in [0, 0.1) is 0 Å². The van der Waals surface area contributed by atoms with Crippen LogP contribution in [-0.4, -0.2) is 80.0 Å². The first-order valence-corrected chi connectivity index (χ1v) is 15.7. The van der Waals surface area contributed by atoms with Gasteiger partial charge < -0.3 is 25.8 Å². The van der Waals surface area contributed by atoms with E-state index in [9.17, 15) is 14.4 Å². The van der Waals surface area contributed by atoms with Gasteiger partial charge in [-0.2, -0.15) is 0 Å². The Morgan fingerprint density at radius 1 is 1.00 bits per heavy atom. The Morgan fingerprint density at radius 3 is 2.51 bits per heavy atom. The summed E-state index contributed by atoms with van der Waals surface area (Å²) in [6.45, 7) is 2.89. The fraction of sp³-hybridized carbons (Fsp3) is 0.457. The fourth-order valence-corrected chi connectivity index (χ4v) is 7.53. The van der Waals surface area contributed by atoms with Crippen molar-refractivity contribution in [2.24, 2.45) is 0 Å². The van der Waals surface area contributed by atoms with Crippen LogP contribution in [0.1, 0.15) is 54.7 Å². The van der Waals surface area contributed by atoms with Crippen molar-refractivity contribution in [1.82, 2.24) is 25.8 Å². The normalized spacial score (nSPS) is 21.7. The predicted octanol–water partition coefficient (Wildman–Crippen LogP) is 3.94. The number of piperidine rings is 2. The minimum atomic E-state index is -0.685. The topological polar surface area (TPSA) is 93.8 Å². The molecule has 2 aliphatic heterocycles. The van der Waals surface area contributed by atoms with Gasteiger partial charge in [0.2, 0.25) is 11.8 Å². The van der Waals surface area contributed by atoms with Gasteiger partial charge in [0.05, 0.1) is 5.92 Å². The second kappa shape index (κ2) is 12.4. The van der Waals surface area contributed by atoms with E-state index in [1.165, 1.54) is 5.56 Å². The molecule has 0 aromatic heterocycles. The second-order valence-electron chi connectivity index (χ2n) is 12.7. The lowest BCUT2D eigenvalue weighted by Crippen LogP contribution is -2.57. The molecule has 0 radical (unpaired) electrons. The molecular formula is C35H43N5O3. The van der Waals surface area contributed by atoms with Crippen molar-refractivity contribution in [2.45, 2.75) is 61.9 Å². The average Bonchev–Trinajstić information content (AvgIpc) is 3.34. The number of urea groups is 1. The quantitative estimate of drug-likeness (QED) is 0.411. The molecule has 2 saturated heterocycles. The van der Waals surface area contributed by atoms with Gasteiger partial charge in [-0.05, 0) is 66.1 Å². The van der Waals surface area contributed by atoms with Crippen LogP contribution < -0.4 is 16.0 Å². The molecule has 3 atom stereocenters. The summed E-state index contributed by atoms with van der Waals surface area (Å²) in [7, 11) is 3.64. The van der Waals surface area contributed by atoms with E-state index in [0.29, 0.717) is 19.5 Å². The maximum atomic E-state index is 14.2. The number of likely N-dealkylation sites (tertiary alicyclic amines) is 1. The smallest absolute Gasteiger partial charge is 0.315 e. The van der Waals surface area contributed by atoms with Crippen LogP contribution in [0.3, 0.4) is 0 Å². The van der Waals surface area contributed by atoms with Crippen LogP contribution in [0.4, 0.5) is 4.79 Å². The molecule has 6 rings (SSSR count). The summed E-state index contributed by atoms with van der Waals surface area (Å²) in [6.07, 6.45) is 4.74. The van der Waals surface area contributed by atoms with Crippen molar-refractivity contribution in [3.05, 3.63) is 83.4 Å². The first-order valence-electron chi connectivity index (χ1n) is 15.7. The second-order valence-corrected chi connectivity index (χ2v) is 12.7. The predicted molar refractivity (Wildman–Crippen MR) is 169 cm³/mol. The molecule has 8 heteroatoms. The van der Waals surface area contributed by atoms with E-state index in [-0.39, 0.29) is 35.2 Å². The third kappa shape index (κ3) is 5.98. The highest BCUT2D eigenvalue weighted by Crippen LogP contribution is 2.52. The van der Waals surface area contributed by atoms with Crippen molar-refractivity contribution in [3.8, 4) is 0 Å². The zero-order valence-electron chi connectivity index (χ0n) is 25.3. The molecule has 1 spiro atoms. The SMILES string of the molecule is CN(C)C(=O)C1CC2(CCN(C(=O)C(Cc3cccc4ccccc34)NC(=O)NC3CCCNC3)CC2)c2ccccc21. The van der Waals surface area contributed by atoms with E-state index in [4.69, 9.17) is 0 Å². The standard InChI is InChI=1S/C35H43N5O3/c1-39(2)32(41)29-22-35(30-15-6-5-14-28(29)30)16-19-40(20-17-35)33(42)31(38-34(43)37-26-12-8-18-36-23-26)21-25-11-7-10-24-9-3-4-13-27(24)25/h3-7,9-11,13-15,26,29,31,36H,8,12,16-23H2,1-2H3,(H2,37,38,43). The van der Waals surface area contributed by atoms with Gasteiger partial charge in [0.1, 0.15) is 6.04 Å². The molecule has 3 unspecified atom stereocenters. The van der Waals surface area contributed by atoms with Crippen LogP contribution in [0.2, 0.25) is 0 Å². The molecule has 1 aliphatic carbocycles. The van der Waals surface area contributed by atoms with Gasteiger partial charge in [0.15, 0.2) is 0 Å². The van der Waals surface area contributed by atoms with Crippen LogP contribution in [0.5, 0.6) is 0 Å². The number of hydrogen-bond donors (Lipinski definition) is 3. The molecule has 3 aromatic carbocycles. The molecular weight excluding hydrogens is 538 g/mol. The van der Waals surface area contributed by atoms with Crippen LogP contribution in [0.25, 0.3) is 10.8 Å². The van der Waals surface area contributed by atoms with Crippen LogP contribution in [0.15, 0.2) is 66.7 Å². The summed E-state index contributed by atoms with van der Waals surface area (Å²) >= 11 is 0. The number of likely N-dealkylation sites (N-methyl/N-ethyl adjacent to an activating group) is 1. The minimum Gasteiger partial charge on any atom is -0.348 e. The number of hydrogen-bond acceptors (Lipinski definition) is 4. The number of nitrogens with zero attached hydrogens (tertiary/aromatic N) is 2. The monoisotopic (exact) mass is 581 g/mol. The minimum absolute atomic E-state index is 0.0492. The lowest BCUT2D eigenvalue weighted by Gasteiger charge is -2.41. The molecule has 43 heavy (non-hydrogen) atoms. The number of rotatable bonds is 6. The number of fused-ring (bicyclic) bond motifs is 3. The zero-order valence-corrected chi connectivity index (χ0v) is 25.3. The van der Waals surface area contributed by atoms with Crippen molar-refractivity contribution >= 4 is 28.6 Å². The Kier molecular flexibility index (Phi) is 8.39. The molecule has 0 saturated carbocycles. The van der Waals surface area contributed by atoms with Gasteiger partial charge in [-0.1, -0.05) is 66.7 Å². The Hall–Kier alpha value is -3.91. The van der Waals surface area contributed by atoms with Crippen LogP contribution >= 0.6 is 0 Å². The Labute approximate surface area is 254 Å². The number of benzene rings is 3. The number of amides is 4. The van der Waals surface area contributed by atoms with E-state index < -0.39 is 6.04 Å². The Bertz CT molecular complexity index is 1480. The van der Waals surface area contributed by atoms with E-state index >= 15 is 0 Å². The lowest BCUT2D eigenvalue weighted by atomic mass is 9.73. The van der Waals surface area contributed by atoms with Gasteiger partial charge >= 0.3 is 6.03 Å². The molecule has 8 nitrogen and oxygen atoms in total. The van der Waals surface area contributed by atoms with Crippen LogP contribution in [-0.2, 0) is 21.4 Å². The highest BCUT2D eigenvalue weighted by atomic mass is 16.2. The van der Waals surface area contributed by atoms with Crippen molar-refractivity contribution in [2.75, 3.05) is 40.3 Å². The molecule has 3 N–H and O–H groups in total. The van der Waals surface area contributed by atoms with E-state index in [1.54, 1.807) is 4.90 Å². The molecule has 2 heterocycles. The summed E-state index contributed by atoms with van der Waals surface area (Å²) in [5.74, 6) is -0.0551. The Morgan fingerprint density at radius 2 is 1.74 bits per heavy atom. The molecule has 2 fully saturated rings. The van der Waals surface area contributed by atoms with Gasteiger partial charge in [-0.3, -0.25) is 9.59 Å². The molecule has 3 aliphatic rings. The van der Waals surface area contributed by atoms with Gasteiger partial charge in [0, 0.05) is 51.6 Å². The summed E-state index contributed by atoms with van der Waals surface area (Å²) in [5, 5.41) is 11.7. The van der Waals surface area contributed by atoms with Crippen molar-refractivity contribution in [1.29, 1.82) is 0 Å². The van der Waals surface area contributed by atoms with E-state index in [1.807, 2.05) is 43.3 Å². The van der Waals surface area contributed by atoms with Gasteiger partial charge in [-0.15, -0.1) is 0 Å². The first kappa shape index (κ1) is 29.2. The summed E-state index contributed by atoms with van der Waals surface area (Å²) in [5.41, 5.74) is 3.31. The number of carbonyl (C=O) groups is 3. The molecule has 0 bridgehead atoms. The van der Waals surface area contributed by atoms with Crippen molar-refractivity contribution < 1.29 is 14.4 Å². The Balaban J connectivity index is 1.20. The highest BCUT2D eigenvalue weighted by molar-refractivity contribution is 5.90. The average molecular weight is 582 g/mol. The van der Waals surface area contributed by atoms with Gasteiger partial charge in [0.25, 0.3) is 0 Å².